The lowest BCUT2D eigenvalue weighted by Gasteiger charge is -2.46. The summed E-state index contributed by atoms with van der Waals surface area (Å²) in [6.07, 6.45) is 6.31. The molecule has 26 heavy (non-hydrogen) atoms. The van der Waals surface area contributed by atoms with Crippen molar-refractivity contribution in [3.05, 3.63) is 17.7 Å². The van der Waals surface area contributed by atoms with Crippen LogP contribution in [0.25, 0.3) is 0 Å². The molecule has 0 radical (unpaired) electrons. The first-order valence-electron chi connectivity index (χ1n) is 10.3. The highest BCUT2D eigenvalue weighted by atomic mass is 16.5. The molecular formula is C21H34N4O. The number of likely N-dealkylation sites (tertiary alicyclic amines) is 1. The number of benzene rings is 1. The molecule has 2 N–H and O–H groups in total. The average molecular weight is 359 g/mol. The fourth-order valence-electron chi connectivity index (χ4n) is 5.30. The van der Waals surface area contributed by atoms with Crippen molar-refractivity contribution in [2.24, 2.45) is 0 Å². The quantitative estimate of drug-likeness (QED) is 0.838. The van der Waals surface area contributed by atoms with Gasteiger partial charge in [-0.1, -0.05) is 6.92 Å². The number of nitrogens with two attached hydrogens (primary N) is 1. The van der Waals surface area contributed by atoms with Crippen molar-refractivity contribution in [3.63, 3.8) is 0 Å². The summed E-state index contributed by atoms with van der Waals surface area (Å²) >= 11 is 0. The Morgan fingerprint density at radius 1 is 1.04 bits per heavy atom. The van der Waals surface area contributed by atoms with E-state index in [4.69, 9.17) is 10.5 Å². The van der Waals surface area contributed by atoms with E-state index >= 15 is 0 Å². The maximum Gasteiger partial charge on any atom is 0.143 e. The van der Waals surface area contributed by atoms with Gasteiger partial charge in [-0.05, 0) is 50.8 Å². The highest BCUT2D eigenvalue weighted by molar-refractivity contribution is 5.67. The molecule has 0 amide bonds. The number of piperidine rings is 1. The van der Waals surface area contributed by atoms with Gasteiger partial charge in [-0.15, -0.1) is 0 Å². The highest BCUT2D eigenvalue weighted by Crippen LogP contribution is 2.35. The maximum absolute atomic E-state index is 6.11. The number of ether oxygens (including phenoxy) is 1. The topological polar surface area (TPSA) is 45.0 Å². The van der Waals surface area contributed by atoms with E-state index in [-0.39, 0.29) is 0 Å². The predicted octanol–water partition coefficient (Wildman–Crippen LogP) is 2.59. The number of nitrogens with zero attached hydrogens (tertiary/aromatic N) is 3. The van der Waals surface area contributed by atoms with Crippen LogP contribution in [0.15, 0.2) is 12.1 Å². The number of rotatable bonds is 4. The molecule has 1 aromatic rings. The molecule has 4 rings (SSSR count). The van der Waals surface area contributed by atoms with Gasteiger partial charge in [0.25, 0.3) is 0 Å². The molecule has 0 saturated carbocycles. The van der Waals surface area contributed by atoms with E-state index in [1.54, 1.807) is 7.11 Å². The summed E-state index contributed by atoms with van der Waals surface area (Å²) in [5, 5.41) is 0. The Labute approximate surface area is 158 Å². The van der Waals surface area contributed by atoms with Gasteiger partial charge in [0.15, 0.2) is 0 Å². The third-order valence-electron chi connectivity index (χ3n) is 7.01. The summed E-state index contributed by atoms with van der Waals surface area (Å²) in [4.78, 5) is 7.96. The van der Waals surface area contributed by atoms with E-state index in [0.717, 1.165) is 49.1 Å². The molecular weight excluding hydrogens is 324 g/mol. The summed E-state index contributed by atoms with van der Waals surface area (Å²) in [7, 11) is 4.03. The van der Waals surface area contributed by atoms with Gasteiger partial charge in [0.2, 0.25) is 0 Å². The number of piperazine rings is 1. The van der Waals surface area contributed by atoms with Crippen molar-refractivity contribution < 1.29 is 4.74 Å². The second-order valence-corrected chi connectivity index (χ2v) is 8.30. The van der Waals surface area contributed by atoms with Crippen LogP contribution < -0.4 is 15.4 Å². The van der Waals surface area contributed by atoms with Crippen molar-refractivity contribution in [1.82, 2.24) is 9.80 Å². The van der Waals surface area contributed by atoms with E-state index in [0.29, 0.717) is 0 Å². The van der Waals surface area contributed by atoms with Gasteiger partial charge >= 0.3 is 0 Å². The van der Waals surface area contributed by atoms with Crippen LogP contribution in [-0.4, -0.2) is 68.3 Å². The Morgan fingerprint density at radius 2 is 1.69 bits per heavy atom. The first-order chi connectivity index (χ1) is 12.6. The van der Waals surface area contributed by atoms with Gasteiger partial charge in [0.1, 0.15) is 5.75 Å². The number of methoxy groups -OCH3 is 1. The molecule has 0 aliphatic carbocycles. The Morgan fingerprint density at radius 3 is 2.27 bits per heavy atom. The SMILES string of the molecule is CCc1cc(N)c(OC)cc1N1CCC(N2CC3CCC(C2)N3C)CC1. The third kappa shape index (κ3) is 3.16. The van der Waals surface area contributed by atoms with Crippen LogP contribution in [0.1, 0.15) is 38.2 Å². The number of anilines is 2. The fourth-order valence-corrected chi connectivity index (χ4v) is 5.30. The molecule has 2 unspecified atom stereocenters. The van der Waals surface area contributed by atoms with E-state index in [2.05, 4.69) is 40.8 Å². The second kappa shape index (κ2) is 7.28. The minimum Gasteiger partial charge on any atom is -0.495 e. The largest absolute Gasteiger partial charge is 0.495 e. The second-order valence-electron chi connectivity index (χ2n) is 8.30. The van der Waals surface area contributed by atoms with Crippen molar-refractivity contribution in [3.8, 4) is 5.75 Å². The van der Waals surface area contributed by atoms with Crippen LogP contribution in [0, 0.1) is 0 Å². The summed E-state index contributed by atoms with van der Waals surface area (Å²) in [6.45, 7) is 7.01. The number of fused-ring (bicyclic) bond motifs is 2. The van der Waals surface area contributed by atoms with Gasteiger partial charge in [0, 0.05) is 56.1 Å². The van der Waals surface area contributed by atoms with Gasteiger partial charge in [0.05, 0.1) is 12.8 Å². The average Bonchev–Trinajstić information content (AvgIpc) is 2.87. The summed E-state index contributed by atoms with van der Waals surface area (Å²) in [5.41, 5.74) is 9.51. The maximum atomic E-state index is 6.11. The monoisotopic (exact) mass is 358 g/mol. The number of hydrogen-bond donors (Lipinski definition) is 1. The zero-order valence-electron chi connectivity index (χ0n) is 16.6. The molecule has 2 atom stereocenters. The zero-order chi connectivity index (χ0) is 18.3. The van der Waals surface area contributed by atoms with Crippen LogP contribution in [0.3, 0.4) is 0 Å². The molecule has 144 valence electrons. The van der Waals surface area contributed by atoms with E-state index < -0.39 is 0 Å². The summed E-state index contributed by atoms with van der Waals surface area (Å²) in [5.74, 6) is 0.801. The van der Waals surface area contributed by atoms with Gasteiger partial charge in [-0.25, -0.2) is 0 Å². The fraction of sp³-hybridized carbons (Fsp3) is 0.714. The standard InChI is InChI=1S/C21H34N4O/c1-4-15-11-19(22)21(26-3)12-20(15)24-9-7-16(8-10-24)25-13-17-5-6-18(14-25)23(17)2/h11-12,16-18H,4-10,13-14,22H2,1-3H3. The molecule has 3 fully saturated rings. The summed E-state index contributed by atoms with van der Waals surface area (Å²) < 4.78 is 5.47. The lowest BCUT2D eigenvalue weighted by Crippen LogP contribution is -2.56. The lowest BCUT2D eigenvalue weighted by atomic mass is 9.98. The van der Waals surface area contributed by atoms with Crippen molar-refractivity contribution in [1.29, 1.82) is 0 Å². The Balaban J connectivity index is 1.43. The van der Waals surface area contributed by atoms with Crippen molar-refractivity contribution >= 4 is 11.4 Å². The molecule has 3 aliphatic rings. The van der Waals surface area contributed by atoms with Gasteiger partial charge in [-0.3, -0.25) is 9.80 Å². The van der Waals surface area contributed by atoms with E-state index in [1.165, 1.54) is 50.0 Å². The van der Waals surface area contributed by atoms with E-state index in [1.807, 2.05) is 0 Å². The van der Waals surface area contributed by atoms with Gasteiger partial charge in [-0.2, -0.15) is 0 Å². The predicted molar refractivity (Wildman–Crippen MR) is 108 cm³/mol. The molecule has 0 spiro atoms. The highest BCUT2D eigenvalue weighted by Gasteiger charge is 2.40. The molecule has 0 aromatic heterocycles. The smallest absolute Gasteiger partial charge is 0.143 e. The molecule has 3 aliphatic heterocycles. The molecule has 3 heterocycles. The van der Waals surface area contributed by atoms with E-state index in [9.17, 15) is 0 Å². The normalized spacial score (nSPS) is 27.9. The van der Waals surface area contributed by atoms with Crippen LogP contribution in [0.4, 0.5) is 11.4 Å². The molecule has 3 saturated heterocycles. The number of nitrogen functional groups attached to an aromatic ring is 1. The molecule has 1 aromatic carbocycles. The third-order valence-corrected chi connectivity index (χ3v) is 7.01. The first kappa shape index (κ1) is 17.9. The van der Waals surface area contributed by atoms with Crippen molar-refractivity contribution in [2.45, 2.75) is 57.2 Å². The number of hydrogen-bond acceptors (Lipinski definition) is 5. The van der Waals surface area contributed by atoms with Crippen LogP contribution in [-0.2, 0) is 6.42 Å². The Kier molecular flexibility index (Phi) is 5.02. The van der Waals surface area contributed by atoms with Crippen molar-refractivity contribution in [2.75, 3.05) is 51.0 Å². The van der Waals surface area contributed by atoms with Crippen LogP contribution in [0.2, 0.25) is 0 Å². The Hall–Kier alpha value is -1.46. The molecule has 5 heteroatoms. The number of likely N-dealkylation sites (N-methyl/N-ethyl adjacent to an activating group) is 1. The minimum absolute atomic E-state index is 0.746. The Bertz CT molecular complexity index is 627. The molecule has 2 bridgehead atoms. The van der Waals surface area contributed by atoms with Gasteiger partial charge < -0.3 is 15.4 Å². The lowest BCUT2D eigenvalue weighted by molar-refractivity contribution is 0.0495. The summed E-state index contributed by atoms with van der Waals surface area (Å²) in [6, 6.07) is 6.58. The minimum atomic E-state index is 0.746. The first-order valence-corrected chi connectivity index (χ1v) is 10.3. The van der Waals surface area contributed by atoms with Crippen LogP contribution in [0.5, 0.6) is 5.75 Å². The van der Waals surface area contributed by atoms with Crippen LogP contribution >= 0.6 is 0 Å². The zero-order valence-corrected chi connectivity index (χ0v) is 16.6. The number of aryl methyl sites for hydroxylation is 1. The molecule has 5 nitrogen and oxygen atoms in total.